The SMILES string of the molecule is COCc1nc2n(n1)CC(Nc1ccnc(C)c1)CC2. The van der Waals surface area contributed by atoms with Crippen molar-refractivity contribution >= 4 is 5.69 Å². The lowest BCUT2D eigenvalue weighted by Gasteiger charge is -2.24. The van der Waals surface area contributed by atoms with Gasteiger partial charge in [0, 0.05) is 37.2 Å². The third-order valence-corrected chi connectivity index (χ3v) is 3.44. The minimum Gasteiger partial charge on any atom is -0.380 e. The van der Waals surface area contributed by atoms with Crippen LogP contribution in [0.1, 0.15) is 23.8 Å². The van der Waals surface area contributed by atoms with Gasteiger partial charge in [-0.3, -0.25) is 4.98 Å². The first-order valence-electron chi connectivity index (χ1n) is 6.85. The van der Waals surface area contributed by atoms with Gasteiger partial charge in [0.2, 0.25) is 0 Å². The number of nitrogens with one attached hydrogen (secondary N) is 1. The van der Waals surface area contributed by atoms with Crippen LogP contribution in [0.5, 0.6) is 0 Å². The van der Waals surface area contributed by atoms with E-state index in [1.807, 2.05) is 23.9 Å². The van der Waals surface area contributed by atoms with Crippen molar-refractivity contribution in [3.8, 4) is 0 Å². The van der Waals surface area contributed by atoms with Crippen LogP contribution >= 0.6 is 0 Å². The van der Waals surface area contributed by atoms with E-state index < -0.39 is 0 Å². The lowest BCUT2D eigenvalue weighted by atomic mass is 10.1. The van der Waals surface area contributed by atoms with Crippen molar-refractivity contribution in [2.24, 2.45) is 0 Å². The Labute approximate surface area is 118 Å². The number of hydrogen-bond acceptors (Lipinski definition) is 5. The zero-order valence-electron chi connectivity index (χ0n) is 11.8. The molecule has 1 aliphatic heterocycles. The summed E-state index contributed by atoms with van der Waals surface area (Å²) in [6.45, 7) is 3.31. The van der Waals surface area contributed by atoms with E-state index in [1.165, 1.54) is 0 Å². The molecule has 0 aliphatic carbocycles. The fraction of sp³-hybridized carbons (Fsp3) is 0.500. The number of fused-ring (bicyclic) bond motifs is 1. The molecule has 2 aromatic heterocycles. The van der Waals surface area contributed by atoms with Crippen molar-refractivity contribution < 1.29 is 4.74 Å². The van der Waals surface area contributed by atoms with Gasteiger partial charge in [-0.25, -0.2) is 9.67 Å². The molecule has 0 saturated carbocycles. The maximum absolute atomic E-state index is 5.08. The van der Waals surface area contributed by atoms with Crippen LogP contribution in [0.15, 0.2) is 18.3 Å². The van der Waals surface area contributed by atoms with Crippen molar-refractivity contribution in [1.82, 2.24) is 19.7 Å². The maximum Gasteiger partial charge on any atom is 0.176 e. The van der Waals surface area contributed by atoms with Crippen molar-refractivity contribution in [2.75, 3.05) is 12.4 Å². The fourth-order valence-electron chi connectivity index (χ4n) is 2.54. The third kappa shape index (κ3) is 2.80. The van der Waals surface area contributed by atoms with Crippen LogP contribution in [0.25, 0.3) is 0 Å². The third-order valence-electron chi connectivity index (χ3n) is 3.44. The first-order chi connectivity index (χ1) is 9.74. The minimum absolute atomic E-state index is 0.376. The van der Waals surface area contributed by atoms with Gasteiger partial charge in [-0.2, -0.15) is 5.10 Å². The molecule has 20 heavy (non-hydrogen) atoms. The molecule has 0 amide bonds. The summed E-state index contributed by atoms with van der Waals surface area (Å²) in [5.74, 6) is 1.82. The topological polar surface area (TPSA) is 64.9 Å². The molecule has 1 aliphatic rings. The van der Waals surface area contributed by atoms with Gasteiger partial charge in [0.1, 0.15) is 12.4 Å². The molecule has 6 heteroatoms. The van der Waals surface area contributed by atoms with Gasteiger partial charge in [0.05, 0.1) is 6.54 Å². The Kier molecular flexibility index (Phi) is 3.64. The summed E-state index contributed by atoms with van der Waals surface area (Å²) in [7, 11) is 1.66. The number of aryl methyl sites for hydroxylation is 2. The molecule has 106 valence electrons. The van der Waals surface area contributed by atoms with E-state index in [1.54, 1.807) is 7.11 Å². The number of aromatic nitrogens is 4. The number of rotatable bonds is 4. The quantitative estimate of drug-likeness (QED) is 0.915. The van der Waals surface area contributed by atoms with Gasteiger partial charge in [-0.05, 0) is 25.5 Å². The van der Waals surface area contributed by atoms with Crippen molar-refractivity contribution in [1.29, 1.82) is 0 Å². The lowest BCUT2D eigenvalue weighted by molar-refractivity contribution is 0.177. The molecule has 0 bridgehead atoms. The number of hydrogen-bond donors (Lipinski definition) is 1. The molecule has 1 N–H and O–H groups in total. The van der Waals surface area contributed by atoms with Crippen molar-refractivity contribution in [2.45, 2.75) is 39.0 Å². The van der Waals surface area contributed by atoms with E-state index in [-0.39, 0.29) is 0 Å². The van der Waals surface area contributed by atoms with Gasteiger partial charge in [-0.1, -0.05) is 0 Å². The first-order valence-corrected chi connectivity index (χ1v) is 6.85. The summed E-state index contributed by atoms with van der Waals surface area (Å²) in [5.41, 5.74) is 2.14. The van der Waals surface area contributed by atoms with E-state index in [2.05, 4.69) is 26.4 Å². The molecule has 0 spiro atoms. The van der Waals surface area contributed by atoms with E-state index in [0.29, 0.717) is 12.6 Å². The van der Waals surface area contributed by atoms with Gasteiger partial charge in [0.15, 0.2) is 5.82 Å². The monoisotopic (exact) mass is 273 g/mol. The molecule has 0 aromatic carbocycles. The highest BCUT2D eigenvalue weighted by Crippen LogP contribution is 2.18. The average Bonchev–Trinajstić information content (AvgIpc) is 2.81. The van der Waals surface area contributed by atoms with Crippen LogP contribution in [0.3, 0.4) is 0 Å². The Morgan fingerprint density at radius 1 is 1.50 bits per heavy atom. The fourth-order valence-corrected chi connectivity index (χ4v) is 2.54. The van der Waals surface area contributed by atoms with Crippen LogP contribution in [0, 0.1) is 6.92 Å². The zero-order chi connectivity index (χ0) is 13.9. The van der Waals surface area contributed by atoms with Gasteiger partial charge in [-0.15, -0.1) is 0 Å². The first kappa shape index (κ1) is 13.1. The van der Waals surface area contributed by atoms with E-state index >= 15 is 0 Å². The molecule has 1 atom stereocenters. The smallest absolute Gasteiger partial charge is 0.176 e. The van der Waals surface area contributed by atoms with E-state index in [0.717, 1.165) is 42.4 Å². The second-order valence-corrected chi connectivity index (χ2v) is 5.13. The zero-order valence-corrected chi connectivity index (χ0v) is 11.8. The van der Waals surface area contributed by atoms with Crippen LogP contribution in [-0.2, 0) is 24.3 Å². The molecule has 6 nitrogen and oxygen atoms in total. The highest BCUT2D eigenvalue weighted by Gasteiger charge is 2.21. The summed E-state index contributed by atoms with van der Waals surface area (Å²) >= 11 is 0. The lowest BCUT2D eigenvalue weighted by Crippen LogP contribution is -2.32. The van der Waals surface area contributed by atoms with Crippen molar-refractivity contribution in [3.63, 3.8) is 0 Å². The Balaban J connectivity index is 1.69. The average molecular weight is 273 g/mol. The van der Waals surface area contributed by atoms with E-state index in [9.17, 15) is 0 Å². The molecule has 0 fully saturated rings. The summed E-state index contributed by atoms with van der Waals surface area (Å²) in [6.07, 6.45) is 3.84. The molecular weight excluding hydrogens is 254 g/mol. The summed E-state index contributed by atoms with van der Waals surface area (Å²) in [4.78, 5) is 8.70. The molecule has 3 rings (SSSR count). The molecule has 2 aromatic rings. The normalized spacial score (nSPS) is 17.8. The summed E-state index contributed by atoms with van der Waals surface area (Å²) < 4.78 is 7.07. The van der Waals surface area contributed by atoms with E-state index in [4.69, 9.17) is 4.74 Å². The largest absolute Gasteiger partial charge is 0.380 e. The highest BCUT2D eigenvalue weighted by atomic mass is 16.5. The van der Waals surface area contributed by atoms with Gasteiger partial charge < -0.3 is 10.1 Å². The predicted molar refractivity (Wildman–Crippen MR) is 75.4 cm³/mol. The number of methoxy groups -OCH3 is 1. The molecular formula is C14H19N5O. The standard InChI is InChI=1S/C14H19N5O/c1-10-7-11(5-6-15-10)16-12-3-4-14-17-13(9-20-2)18-19(14)8-12/h5-7,12H,3-4,8-9H2,1-2H3,(H,15,16). The summed E-state index contributed by atoms with van der Waals surface area (Å²) in [6, 6.07) is 4.44. The Morgan fingerprint density at radius 2 is 2.40 bits per heavy atom. The summed E-state index contributed by atoms with van der Waals surface area (Å²) in [5, 5.41) is 8.02. The Morgan fingerprint density at radius 3 is 3.20 bits per heavy atom. The van der Waals surface area contributed by atoms with Gasteiger partial charge in [0.25, 0.3) is 0 Å². The molecule has 1 unspecified atom stereocenters. The Bertz CT molecular complexity index is 595. The van der Waals surface area contributed by atoms with Crippen LogP contribution < -0.4 is 5.32 Å². The number of nitrogens with zero attached hydrogens (tertiary/aromatic N) is 4. The second-order valence-electron chi connectivity index (χ2n) is 5.13. The predicted octanol–water partition coefficient (Wildman–Crippen LogP) is 1.55. The van der Waals surface area contributed by atoms with Crippen LogP contribution in [0.2, 0.25) is 0 Å². The van der Waals surface area contributed by atoms with Crippen LogP contribution in [-0.4, -0.2) is 32.9 Å². The van der Waals surface area contributed by atoms with Gasteiger partial charge >= 0.3 is 0 Å². The highest BCUT2D eigenvalue weighted by molar-refractivity contribution is 5.44. The van der Waals surface area contributed by atoms with Crippen LogP contribution in [0.4, 0.5) is 5.69 Å². The maximum atomic E-state index is 5.08. The molecule has 3 heterocycles. The molecule has 0 saturated heterocycles. The second kappa shape index (κ2) is 5.58. The Hall–Kier alpha value is -1.95. The van der Waals surface area contributed by atoms with Crippen molar-refractivity contribution in [3.05, 3.63) is 35.7 Å². The number of ether oxygens (including phenoxy) is 1. The number of anilines is 1. The number of pyridine rings is 1. The molecule has 0 radical (unpaired) electrons. The minimum atomic E-state index is 0.376.